The Morgan fingerprint density at radius 2 is 1.13 bits per heavy atom. The lowest BCUT2D eigenvalue weighted by atomic mass is 9.75. The molecule has 0 atom stereocenters. The van der Waals surface area contributed by atoms with Crippen molar-refractivity contribution >= 4 is 0 Å². The zero-order valence-electron chi connectivity index (χ0n) is 15.7. The normalized spacial score (nSPS) is 31.7. The van der Waals surface area contributed by atoms with E-state index in [-0.39, 0.29) is 0 Å². The van der Waals surface area contributed by atoms with Gasteiger partial charge in [0.15, 0.2) is 0 Å². The smallest absolute Gasteiger partial charge is 0.0200 e. The van der Waals surface area contributed by atoms with Crippen LogP contribution < -0.4 is 0 Å². The van der Waals surface area contributed by atoms with Crippen molar-refractivity contribution in [2.24, 2.45) is 23.7 Å². The first-order valence-electron chi connectivity index (χ1n) is 10.8. The Kier molecular flexibility index (Phi) is 9.18. The summed E-state index contributed by atoms with van der Waals surface area (Å²) in [7, 11) is 0. The molecule has 0 aromatic rings. The van der Waals surface area contributed by atoms with Crippen LogP contribution in [0.1, 0.15) is 110 Å². The molecule has 0 aromatic carbocycles. The summed E-state index contributed by atoms with van der Waals surface area (Å²) in [6.07, 6.45) is 28.8. The number of rotatable bonds is 9. The number of unbranched alkanes of at least 4 members (excludes halogenated alkanes) is 4. The topological polar surface area (TPSA) is 0 Å². The molecule has 0 heteroatoms. The SMILES string of the molecule is C#CC1CCC(CCC2CCC(CCCCCCC)CC2)CC1. The van der Waals surface area contributed by atoms with E-state index in [1.54, 1.807) is 0 Å². The first-order valence-corrected chi connectivity index (χ1v) is 10.8. The molecule has 0 aliphatic heterocycles. The standard InChI is InChI=1S/C23H40/c1-3-5-6-7-8-9-21-14-16-23(17-15-21)19-18-22-12-10-20(4-2)11-13-22/h2,20-23H,3,5-19H2,1H3. The van der Waals surface area contributed by atoms with Crippen molar-refractivity contribution in [2.75, 3.05) is 0 Å². The summed E-state index contributed by atoms with van der Waals surface area (Å²) in [4.78, 5) is 0. The van der Waals surface area contributed by atoms with Crippen LogP contribution in [0.15, 0.2) is 0 Å². The Balaban J connectivity index is 1.49. The molecular formula is C23H40. The lowest BCUT2D eigenvalue weighted by molar-refractivity contribution is 0.220. The van der Waals surface area contributed by atoms with Gasteiger partial charge in [0.2, 0.25) is 0 Å². The van der Waals surface area contributed by atoms with Crippen LogP contribution >= 0.6 is 0 Å². The summed E-state index contributed by atoms with van der Waals surface area (Å²) in [6.45, 7) is 2.31. The number of hydrogen-bond donors (Lipinski definition) is 0. The Bertz CT molecular complexity index is 320. The van der Waals surface area contributed by atoms with E-state index in [4.69, 9.17) is 6.42 Å². The average Bonchev–Trinajstić information content (AvgIpc) is 2.61. The van der Waals surface area contributed by atoms with Crippen molar-refractivity contribution in [2.45, 2.75) is 110 Å². The van der Waals surface area contributed by atoms with Crippen molar-refractivity contribution in [3.05, 3.63) is 0 Å². The van der Waals surface area contributed by atoms with E-state index in [9.17, 15) is 0 Å². The molecule has 0 N–H and O–H groups in total. The maximum atomic E-state index is 5.56. The second-order valence-corrected chi connectivity index (χ2v) is 8.55. The monoisotopic (exact) mass is 316 g/mol. The summed E-state index contributed by atoms with van der Waals surface area (Å²) in [5, 5.41) is 0. The summed E-state index contributed by atoms with van der Waals surface area (Å²) in [5.41, 5.74) is 0. The highest BCUT2D eigenvalue weighted by atomic mass is 14.3. The van der Waals surface area contributed by atoms with E-state index < -0.39 is 0 Å². The Labute approximate surface area is 146 Å². The second kappa shape index (κ2) is 11.2. The summed E-state index contributed by atoms with van der Waals surface area (Å²) < 4.78 is 0. The van der Waals surface area contributed by atoms with Crippen LogP contribution in [0.25, 0.3) is 0 Å². The van der Waals surface area contributed by atoms with Gasteiger partial charge in [0.05, 0.1) is 0 Å². The zero-order valence-corrected chi connectivity index (χ0v) is 15.7. The van der Waals surface area contributed by atoms with Gasteiger partial charge in [0, 0.05) is 5.92 Å². The molecule has 23 heavy (non-hydrogen) atoms. The third-order valence-corrected chi connectivity index (χ3v) is 6.75. The quantitative estimate of drug-likeness (QED) is 0.307. The van der Waals surface area contributed by atoms with E-state index in [0.717, 1.165) is 17.8 Å². The lowest BCUT2D eigenvalue weighted by Gasteiger charge is -2.31. The predicted octanol–water partition coefficient (Wildman–Crippen LogP) is 7.37. The van der Waals surface area contributed by atoms with Crippen LogP contribution in [-0.2, 0) is 0 Å². The fourth-order valence-electron chi connectivity index (χ4n) is 4.93. The van der Waals surface area contributed by atoms with E-state index in [1.807, 2.05) is 0 Å². The van der Waals surface area contributed by atoms with Crippen molar-refractivity contribution < 1.29 is 0 Å². The van der Waals surface area contributed by atoms with Crippen molar-refractivity contribution in [1.82, 2.24) is 0 Å². The van der Waals surface area contributed by atoms with Crippen molar-refractivity contribution in [3.63, 3.8) is 0 Å². The fourth-order valence-corrected chi connectivity index (χ4v) is 4.93. The summed E-state index contributed by atoms with van der Waals surface area (Å²) in [6, 6.07) is 0. The molecule has 0 saturated heterocycles. The van der Waals surface area contributed by atoms with Crippen LogP contribution in [0.3, 0.4) is 0 Å². The van der Waals surface area contributed by atoms with Gasteiger partial charge in [-0.3, -0.25) is 0 Å². The summed E-state index contributed by atoms with van der Waals surface area (Å²) >= 11 is 0. The molecule has 0 amide bonds. The lowest BCUT2D eigenvalue weighted by Crippen LogP contribution is -2.17. The summed E-state index contributed by atoms with van der Waals surface area (Å²) in [5.74, 6) is 6.68. The molecular weight excluding hydrogens is 276 g/mol. The number of hydrogen-bond acceptors (Lipinski definition) is 0. The van der Waals surface area contributed by atoms with E-state index in [0.29, 0.717) is 5.92 Å². The first kappa shape index (κ1) is 18.9. The van der Waals surface area contributed by atoms with Gasteiger partial charge < -0.3 is 0 Å². The van der Waals surface area contributed by atoms with Gasteiger partial charge in [-0.05, 0) is 43.4 Å². The highest BCUT2D eigenvalue weighted by Gasteiger charge is 2.24. The fraction of sp³-hybridized carbons (Fsp3) is 0.913. The Hall–Kier alpha value is -0.440. The molecule has 0 radical (unpaired) electrons. The van der Waals surface area contributed by atoms with Gasteiger partial charge in [0.1, 0.15) is 0 Å². The highest BCUT2D eigenvalue weighted by molar-refractivity contribution is 4.95. The molecule has 0 nitrogen and oxygen atoms in total. The van der Waals surface area contributed by atoms with Crippen molar-refractivity contribution in [1.29, 1.82) is 0 Å². The van der Waals surface area contributed by atoms with Crippen LogP contribution in [0.5, 0.6) is 0 Å². The molecule has 0 spiro atoms. The third-order valence-electron chi connectivity index (χ3n) is 6.75. The molecule has 0 bridgehead atoms. The van der Waals surface area contributed by atoms with Crippen LogP contribution in [-0.4, -0.2) is 0 Å². The maximum absolute atomic E-state index is 5.56. The van der Waals surface area contributed by atoms with Gasteiger partial charge in [-0.25, -0.2) is 0 Å². The molecule has 132 valence electrons. The van der Waals surface area contributed by atoms with Gasteiger partial charge >= 0.3 is 0 Å². The highest BCUT2D eigenvalue weighted by Crippen LogP contribution is 2.37. The van der Waals surface area contributed by atoms with Gasteiger partial charge in [0.25, 0.3) is 0 Å². The van der Waals surface area contributed by atoms with Crippen LogP contribution in [0, 0.1) is 36.0 Å². The molecule has 2 saturated carbocycles. The second-order valence-electron chi connectivity index (χ2n) is 8.55. The molecule has 2 aliphatic rings. The minimum Gasteiger partial charge on any atom is -0.120 e. The van der Waals surface area contributed by atoms with Gasteiger partial charge in [-0.1, -0.05) is 84.0 Å². The molecule has 2 rings (SSSR count). The van der Waals surface area contributed by atoms with E-state index >= 15 is 0 Å². The minimum atomic E-state index is 0.596. The molecule has 0 heterocycles. The average molecular weight is 317 g/mol. The Morgan fingerprint density at radius 1 is 0.652 bits per heavy atom. The number of terminal acetylenes is 1. The predicted molar refractivity (Wildman–Crippen MR) is 102 cm³/mol. The Morgan fingerprint density at radius 3 is 1.65 bits per heavy atom. The minimum absolute atomic E-state index is 0.596. The molecule has 0 unspecified atom stereocenters. The first-order chi connectivity index (χ1) is 11.3. The molecule has 2 aliphatic carbocycles. The molecule has 2 fully saturated rings. The van der Waals surface area contributed by atoms with Gasteiger partial charge in [-0.15, -0.1) is 12.3 Å². The maximum Gasteiger partial charge on any atom is 0.0200 e. The molecule has 0 aromatic heterocycles. The zero-order chi connectivity index (χ0) is 16.3. The van der Waals surface area contributed by atoms with E-state index in [2.05, 4.69) is 12.8 Å². The van der Waals surface area contributed by atoms with Crippen LogP contribution in [0.4, 0.5) is 0 Å². The largest absolute Gasteiger partial charge is 0.120 e. The van der Waals surface area contributed by atoms with Crippen molar-refractivity contribution in [3.8, 4) is 12.3 Å². The van der Waals surface area contributed by atoms with Gasteiger partial charge in [-0.2, -0.15) is 0 Å². The van der Waals surface area contributed by atoms with E-state index in [1.165, 1.54) is 103 Å². The third kappa shape index (κ3) is 7.32. The van der Waals surface area contributed by atoms with Crippen LogP contribution in [0.2, 0.25) is 0 Å².